The van der Waals surface area contributed by atoms with Crippen molar-refractivity contribution in [3.8, 4) is 5.75 Å². The summed E-state index contributed by atoms with van der Waals surface area (Å²) in [6, 6.07) is 24.8. The maximum Gasteiger partial charge on any atom is 0.404 e. The predicted molar refractivity (Wildman–Crippen MR) is 129 cm³/mol. The molecule has 1 aromatic heterocycles. The molecule has 33 heavy (non-hydrogen) atoms. The summed E-state index contributed by atoms with van der Waals surface area (Å²) in [4.78, 5) is 10.8. The summed E-state index contributed by atoms with van der Waals surface area (Å²) in [5.74, 6) is 0.748. The van der Waals surface area contributed by atoms with Crippen LogP contribution in [0.3, 0.4) is 0 Å². The second-order valence-corrected chi connectivity index (χ2v) is 8.24. The largest absolute Gasteiger partial charge is 0.489 e. The quantitative estimate of drug-likeness (QED) is 0.306. The van der Waals surface area contributed by atoms with Crippen LogP contribution in [0.1, 0.15) is 23.6 Å². The number of hydrogen-bond donors (Lipinski definition) is 3. The highest BCUT2D eigenvalue weighted by Crippen LogP contribution is 2.31. The molecular formula is C26H25ClN2O4. The zero-order valence-corrected chi connectivity index (χ0v) is 18.7. The van der Waals surface area contributed by atoms with E-state index in [1.807, 2.05) is 89.6 Å². The summed E-state index contributed by atoms with van der Waals surface area (Å²) < 4.78 is 7.98. The Labute approximate surface area is 197 Å². The molecule has 0 aliphatic rings. The molecule has 170 valence electrons. The van der Waals surface area contributed by atoms with Gasteiger partial charge in [0, 0.05) is 28.7 Å². The van der Waals surface area contributed by atoms with Crippen LogP contribution in [0.15, 0.2) is 85.1 Å². The molecule has 3 aromatic carbocycles. The first-order chi connectivity index (χ1) is 16.0. The Bertz CT molecular complexity index is 1210. The van der Waals surface area contributed by atoms with Crippen molar-refractivity contribution in [2.75, 3.05) is 6.54 Å². The minimum absolute atomic E-state index is 0.168. The van der Waals surface area contributed by atoms with Crippen molar-refractivity contribution in [2.24, 2.45) is 0 Å². The molecule has 0 unspecified atom stereocenters. The SMILES string of the molecule is O=C(O)NCC[C@@H](O)[C@H](c1ccccc1)n1ccc2cc(OCc3ccc(Cl)cc3)ccc21. The van der Waals surface area contributed by atoms with E-state index in [2.05, 4.69) is 5.32 Å². The Kier molecular flexibility index (Phi) is 7.17. The molecule has 4 aromatic rings. The number of aliphatic hydroxyl groups excluding tert-OH is 1. The molecule has 2 atom stereocenters. The number of carboxylic acid groups (broad SMARTS) is 1. The molecule has 4 rings (SSSR count). The lowest BCUT2D eigenvalue weighted by atomic mass is 9.98. The standard InChI is InChI=1S/C26H25ClN2O4/c27-21-8-6-18(7-9-21)17-33-22-10-11-23-20(16-22)13-15-29(23)25(19-4-2-1-3-5-19)24(30)12-14-28-26(31)32/h1-11,13,15-16,24-25,28,30H,12,14,17H2,(H,31,32)/t24-,25+/m1/s1. The zero-order chi connectivity index (χ0) is 23.2. The van der Waals surface area contributed by atoms with Crippen LogP contribution in [0, 0.1) is 0 Å². The fraction of sp³-hybridized carbons (Fsp3) is 0.192. The molecule has 3 N–H and O–H groups in total. The summed E-state index contributed by atoms with van der Waals surface area (Å²) in [7, 11) is 0. The lowest BCUT2D eigenvalue weighted by Gasteiger charge is -2.26. The number of nitrogens with one attached hydrogen (secondary N) is 1. The summed E-state index contributed by atoms with van der Waals surface area (Å²) >= 11 is 5.94. The van der Waals surface area contributed by atoms with E-state index in [9.17, 15) is 9.90 Å². The summed E-state index contributed by atoms with van der Waals surface area (Å²) in [5.41, 5.74) is 2.92. The number of fused-ring (bicyclic) bond motifs is 1. The van der Waals surface area contributed by atoms with Gasteiger partial charge in [-0.3, -0.25) is 0 Å². The third kappa shape index (κ3) is 5.66. The van der Waals surface area contributed by atoms with Gasteiger partial charge in [-0.15, -0.1) is 0 Å². The molecule has 0 aliphatic carbocycles. The monoisotopic (exact) mass is 464 g/mol. The maximum atomic E-state index is 11.0. The van der Waals surface area contributed by atoms with Crippen molar-refractivity contribution < 1.29 is 19.7 Å². The van der Waals surface area contributed by atoms with Crippen LogP contribution in [-0.2, 0) is 6.61 Å². The highest BCUT2D eigenvalue weighted by Gasteiger charge is 2.24. The lowest BCUT2D eigenvalue weighted by molar-refractivity contribution is 0.121. The van der Waals surface area contributed by atoms with Gasteiger partial charge in [-0.2, -0.15) is 0 Å². The van der Waals surface area contributed by atoms with Crippen LogP contribution >= 0.6 is 11.6 Å². The Morgan fingerprint density at radius 3 is 2.52 bits per heavy atom. The van der Waals surface area contributed by atoms with Crippen molar-refractivity contribution in [1.29, 1.82) is 0 Å². The highest BCUT2D eigenvalue weighted by molar-refractivity contribution is 6.30. The molecule has 0 spiro atoms. The van der Waals surface area contributed by atoms with Gasteiger partial charge in [0.05, 0.1) is 12.1 Å². The first-order valence-corrected chi connectivity index (χ1v) is 11.1. The molecule has 1 heterocycles. The first kappa shape index (κ1) is 22.7. The number of nitrogens with zero attached hydrogens (tertiary/aromatic N) is 1. The predicted octanol–water partition coefficient (Wildman–Crippen LogP) is 5.48. The summed E-state index contributed by atoms with van der Waals surface area (Å²) in [6.07, 6.45) is 0.346. The van der Waals surface area contributed by atoms with Crippen LogP contribution in [0.2, 0.25) is 5.02 Å². The molecule has 0 fully saturated rings. The Balaban J connectivity index is 1.57. The lowest BCUT2D eigenvalue weighted by Crippen LogP contribution is -2.30. The third-order valence-electron chi connectivity index (χ3n) is 5.53. The number of aliphatic hydroxyl groups is 1. The third-order valence-corrected chi connectivity index (χ3v) is 5.78. The van der Waals surface area contributed by atoms with Gasteiger partial charge >= 0.3 is 6.09 Å². The van der Waals surface area contributed by atoms with Crippen LogP contribution in [-0.4, -0.2) is 33.5 Å². The normalized spacial score (nSPS) is 12.9. The summed E-state index contributed by atoms with van der Waals surface area (Å²) in [5, 5.41) is 23.9. The Hall–Kier alpha value is -3.48. The van der Waals surface area contributed by atoms with E-state index in [1.165, 1.54) is 0 Å². The molecule has 0 bridgehead atoms. The van der Waals surface area contributed by atoms with Gasteiger partial charge in [0.1, 0.15) is 12.4 Å². The van der Waals surface area contributed by atoms with E-state index in [0.29, 0.717) is 11.6 Å². The smallest absolute Gasteiger partial charge is 0.404 e. The van der Waals surface area contributed by atoms with E-state index in [1.54, 1.807) is 0 Å². The molecule has 0 radical (unpaired) electrons. The van der Waals surface area contributed by atoms with Crippen molar-refractivity contribution >= 4 is 28.6 Å². The second-order valence-electron chi connectivity index (χ2n) is 7.80. The van der Waals surface area contributed by atoms with Gasteiger partial charge in [-0.1, -0.05) is 54.1 Å². The molecule has 0 aliphatic heterocycles. The molecule has 0 saturated carbocycles. The number of benzene rings is 3. The van der Waals surface area contributed by atoms with Gasteiger partial charge in [0.25, 0.3) is 0 Å². The van der Waals surface area contributed by atoms with Crippen molar-refractivity contribution in [2.45, 2.75) is 25.2 Å². The van der Waals surface area contributed by atoms with Gasteiger partial charge in [0.15, 0.2) is 0 Å². The van der Waals surface area contributed by atoms with E-state index >= 15 is 0 Å². The van der Waals surface area contributed by atoms with Gasteiger partial charge < -0.3 is 24.8 Å². The molecular weight excluding hydrogens is 440 g/mol. The van der Waals surface area contributed by atoms with Crippen LogP contribution < -0.4 is 10.1 Å². The number of carbonyl (C=O) groups is 1. The van der Waals surface area contributed by atoms with E-state index in [4.69, 9.17) is 21.4 Å². The zero-order valence-electron chi connectivity index (χ0n) is 17.9. The maximum absolute atomic E-state index is 11.0. The van der Waals surface area contributed by atoms with Gasteiger partial charge in [0.2, 0.25) is 0 Å². The summed E-state index contributed by atoms with van der Waals surface area (Å²) in [6.45, 7) is 0.604. The Morgan fingerprint density at radius 2 is 1.79 bits per heavy atom. The van der Waals surface area contributed by atoms with Crippen molar-refractivity contribution in [3.63, 3.8) is 0 Å². The minimum Gasteiger partial charge on any atom is -0.489 e. The van der Waals surface area contributed by atoms with Crippen LogP contribution in [0.25, 0.3) is 10.9 Å². The fourth-order valence-electron chi connectivity index (χ4n) is 3.92. The number of hydrogen-bond acceptors (Lipinski definition) is 3. The average molecular weight is 465 g/mol. The number of ether oxygens (including phenoxy) is 1. The van der Waals surface area contributed by atoms with Gasteiger partial charge in [-0.25, -0.2) is 4.79 Å². The molecule has 1 amide bonds. The number of aromatic nitrogens is 1. The van der Waals surface area contributed by atoms with Crippen molar-refractivity contribution in [3.05, 3.63) is 101 Å². The van der Waals surface area contributed by atoms with E-state index in [-0.39, 0.29) is 19.0 Å². The topological polar surface area (TPSA) is 83.7 Å². The number of amides is 1. The number of halogens is 1. The van der Waals surface area contributed by atoms with E-state index < -0.39 is 12.2 Å². The first-order valence-electron chi connectivity index (χ1n) is 10.7. The van der Waals surface area contributed by atoms with Crippen LogP contribution in [0.5, 0.6) is 5.75 Å². The number of rotatable bonds is 9. The fourth-order valence-corrected chi connectivity index (χ4v) is 4.05. The molecule has 7 heteroatoms. The van der Waals surface area contributed by atoms with E-state index in [0.717, 1.165) is 27.8 Å². The van der Waals surface area contributed by atoms with Crippen molar-refractivity contribution in [1.82, 2.24) is 9.88 Å². The average Bonchev–Trinajstić information content (AvgIpc) is 3.22. The van der Waals surface area contributed by atoms with Gasteiger partial charge in [-0.05, 0) is 53.9 Å². The van der Waals surface area contributed by atoms with Crippen LogP contribution in [0.4, 0.5) is 4.79 Å². The highest BCUT2D eigenvalue weighted by atomic mass is 35.5. The molecule has 6 nitrogen and oxygen atoms in total. The minimum atomic E-state index is -1.10. The Morgan fingerprint density at radius 1 is 1.03 bits per heavy atom. The molecule has 0 saturated heterocycles. The second kappa shape index (κ2) is 10.4.